The van der Waals surface area contributed by atoms with Crippen LogP contribution in [0, 0.1) is 18.4 Å². The summed E-state index contributed by atoms with van der Waals surface area (Å²) in [5, 5.41) is 0. The summed E-state index contributed by atoms with van der Waals surface area (Å²) in [4.78, 5) is 0. The fourth-order valence-corrected chi connectivity index (χ4v) is 1.41. The number of rotatable bonds is 0. The molecule has 0 unspecified atom stereocenters. The van der Waals surface area contributed by atoms with E-state index in [0.717, 1.165) is 0 Å². The summed E-state index contributed by atoms with van der Waals surface area (Å²) in [5.74, 6) is 0. The Balaban J connectivity index is -0.000000114. The first kappa shape index (κ1) is 24.8. The van der Waals surface area contributed by atoms with Crippen molar-refractivity contribution >= 4 is 24.8 Å². The zero-order chi connectivity index (χ0) is 9.94. The summed E-state index contributed by atoms with van der Waals surface area (Å²) in [5.41, 5.74) is 4.39. The van der Waals surface area contributed by atoms with Crippen LogP contribution in [0.4, 0.5) is 0 Å². The Morgan fingerprint density at radius 2 is 1.33 bits per heavy atom. The average Bonchev–Trinajstić information content (AvgIpc) is 2.19. The van der Waals surface area contributed by atoms with E-state index in [1.807, 2.05) is 0 Å². The Bertz CT molecular complexity index is 228. The van der Waals surface area contributed by atoms with Gasteiger partial charge in [-0.15, -0.1) is 31.7 Å². The van der Waals surface area contributed by atoms with Crippen molar-refractivity contribution in [3.8, 4) is 0 Å². The van der Waals surface area contributed by atoms with Crippen LogP contribution in [0.1, 0.15) is 41.5 Å². The third-order valence-corrected chi connectivity index (χ3v) is 2.56. The van der Waals surface area contributed by atoms with E-state index in [1.165, 1.54) is 16.7 Å². The molecule has 15 heavy (non-hydrogen) atoms. The van der Waals surface area contributed by atoms with Crippen LogP contribution >= 0.6 is 24.8 Å². The molecule has 0 aromatic rings. The maximum absolute atomic E-state index is 3.44. The first-order valence-corrected chi connectivity index (χ1v) is 4.46. The third kappa shape index (κ3) is 6.17. The van der Waals surface area contributed by atoms with Crippen molar-refractivity contribution in [3.63, 3.8) is 0 Å². The summed E-state index contributed by atoms with van der Waals surface area (Å²) in [6.07, 6.45) is 3.44. The van der Waals surface area contributed by atoms with E-state index in [9.17, 15) is 0 Å². The first-order valence-electron chi connectivity index (χ1n) is 4.46. The molecule has 0 aromatic carbocycles. The maximum atomic E-state index is 3.44. The van der Waals surface area contributed by atoms with Crippen molar-refractivity contribution in [3.05, 3.63) is 29.7 Å². The predicted molar refractivity (Wildman–Crippen MR) is 70.1 cm³/mol. The molecule has 0 saturated carbocycles. The second-order valence-corrected chi connectivity index (χ2v) is 3.62. The van der Waals surface area contributed by atoms with E-state index in [0.29, 0.717) is 0 Å². The smallest absolute Gasteiger partial charge is 0.346 e. The molecule has 0 bridgehead atoms. The minimum Gasteiger partial charge on any atom is -0.346 e. The summed E-state index contributed by atoms with van der Waals surface area (Å²) in [6, 6.07) is 0. The molecular weight excluding hydrogens is 263 g/mol. The molecule has 0 N–H and O–H groups in total. The molecule has 0 atom stereocenters. The van der Waals surface area contributed by atoms with Gasteiger partial charge in [0, 0.05) is 0 Å². The van der Waals surface area contributed by atoms with Crippen LogP contribution in [0.25, 0.3) is 0 Å². The minimum absolute atomic E-state index is 0. The molecule has 1 rings (SSSR count). The van der Waals surface area contributed by atoms with Gasteiger partial charge in [-0.1, -0.05) is 33.1 Å². The average molecular weight is 285 g/mol. The van der Waals surface area contributed by atoms with Crippen LogP contribution in [-0.2, 0) is 21.7 Å². The summed E-state index contributed by atoms with van der Waals surface area (Å²) in [7, 11) is 0. The van der Waals surface area contributed by atoms with E-state index >= 15 is 0 Å². The van der Waals surface area contributed by atoms with Crippen LogP contribution < -0.4 is 0 Å². The van der Waals surface area contributed by atoms with Crippen LogP contribution in [0.15, 0.2) is 16.7 Å². The van der Waals surface area contributed by atoms with Crippen molar-refractivity contribution in [1.82, 2.24) is 0 Å². The van der Waals surface area contributed by atoms with Crippen LogP contribution in [-0.4, -0.2) is 0 Å². The molecule has 0 nitrogen and oxygen atoms in total. The third-order valence-electron chi connectivity index (χ3n) is 2.56. The minimum atomic E-state index is 0. The predicted octanol–water partition coefficient (Wildman–Crippen LogP) is 4.79. The van der Waals surface area contributed by atoms with Gasteiger partial charge in [0.25, 0.3) is 0 Å². The molecule has 3 heteroatoms. The van der Waals surface area contributed by atoms with Gasteiger partial charge in [0.05, 0.1) is 0 Å². The molecule has 0 aliphatic heterocycles. The molecule has 88 valence electrons. The van der Waals surface area contributed by atoms with Crippen LogP contribution in [0.3, 0.4) is 0 Å². The number of halogens is 2. The summed E-state index contributed by atoms with van der Waals surface area (Å²) < 4.78 is 0. The maximum Gasteiger partial charge on any atom is 2.00 e. The van der Waals surface area contributed by atoms with Gasteiger partial charge in [-0.3, -0.25) is 6.08 Å². The van der Waals surface area contributed by atoms with Gasteiger partial charge >= 0.3 is 21.7 Å². The topological polar surface area (TPSA) is 0 Å². The van der Waals surface area contributed by atoms with Gasteiger partial charge in [-0.2, -0.15) is 18.1 Å². The molecule has 0 saturated heterocycles. The first-order chi connectivity index (χ1) is 5.45. The molecule has 1 aliphatic carbocycles. The van der Waals surface area contributed by atoms with Crippen molar-refractivity contribution in [2.24, 2.45) is 5.41 Å². The summed E-state index contributed by atoms with van der Waals surface area (Å²) in [6.45, 7) is 15.9. The molecule has 0 radical (unpaired) electrons. The van der Waals surface area contributed by atoms with Crippen molar-refractivity contribution in [1.29, 1.82) is 0 Å². The molecule has 0 heterocycles. The van der Waals surface area contributed by atoms with E-state index < -0.39 is 0 Å². The van der Waals surface area contributed by atoms with Gasteiger partial charge in [0.2, 0.25) is 0 Å². The normalized spacial score (nSPS) is 16.1. The van der Waals surface area contributed by atoms with Crippen molar-refractivity contribution < 1.29 is 21.7 Å². The van der Waals surface area contributed by atoms with Gasteiger partial charge in [-0.25, -0.2) is 5.57 Å². The van der Waals surface area contributed by atoms with E-state index in [1.54, 1.807) is 6.92 Å². The second-order valence-electron chi connectivity index (χ2n) is 3.62. The Kier molecular flexibility index (Phi) is 16.5. The van der Waals surface area contributed by atoms with Gasteiger partial charge in [-0.05, 0) is 0 Å². The fraction of sp³-hybridized carbons (Fsp3) is 0.583. The van der Waals surface area contributed by atoms with Gasteiger partial charge < -0.3 is 6.92 Å². The van der Waals surface area contributed by atoms with Gasteiger partial charge in [0.15, 0.2) is 0 Å². The van der Waals surface area contributed by atoms with E-state index in [-0.39, 0.29) is 51.9 Å². The fourth-order valence-electron chi connectivity index (χ4n) is 1.41. The van der Waals surface area contributed by atoms with Crippen molar-refractivity contribution in [2.75, 3.05) is 0 Å². The monoisotopic (exact) mass is 284 g/mol. The zero-order valence-electron chi connectivity index (χ0n) is 10.5. The molecule has 1 aliphatic rings. The second kappa shape index (κ2) is 9.96. The molecule has 0 amide bonds. The zero-order valence-corrected chi connectivity index (χ0v) is 13.7. The quantitative estimate of drug-likeness (QED) is 0.443. The summed E-state index contributed by atoms with van der Waals surface area (Å²) >= 11 is 0. The Morgan fingerprint density at radius 1 is 1.00 bits per heavy atom. The van der Waals surface area contributed by atoms with Crippen LogP contribution in [0.2, 0.25) is 0 Å². The Morgan fingerprint density at radius 3 is 1.40 bits per heavy atom. The van der Waals surface area contributed by atoms with E-state index in [4.69, 9.17) is 0 Å². The molecular formula is C12H22Cl2Ti. The standard InChI is InChI=1S/C10H15.C2H5.2ClH.Ti/c1-7-6-10(4,5)9(3)8(7)2;1-2;;;/h1-5H3;1H2,2H3;2*1H;/q2*-1;;;+2. The van der Waals surface area contributed by atoms with E-state index in [2.05, 4.69) is 47.6 Å². The number of allylic oxidation sites excluding steroid dienone is 4. The number of hydrogen-bond donors (Lipinski definition) is 0. The van der Waals surface area contributed by atoms with Crippen LogP contribution in [0.5, 0.6) is 0 Å². The molecule has 0 spiro atoms. The SMILES string of the molecule is CC1=[C-]C(C)(C)C(C)=C1C.Cl.Cl.[CH2-]C.[Ti+2]. The van der Waals surface area contributed by atoms with Gasteiger partial charge in [0.1, 0.15) is 0 Å². The van der Waals surface area contributed by atoms with Crippen molar-refractivity contribution in [2.45, 2.75) is 41.5 Å². The number of hydrogen-bond acceptors (Lipinski definition) is 0. The molecule has 0 aromatic heterocycles. The Labute approximate surface area is 123 Å². The molecule has 0 fully saturated rings. The largest absolute Gasteiger partial charge is 2.00 e. The Hall–Kier alpha value is 0.774.